The third-order valence-corrected chi connectivity index (χ3v) is 2.16. The fourth-order valence-corrected chi connectivity index (χ4v) is 1.49. The van der Waals surface area contributed by atoms with Crippen molar-refractivity contribution in [2.75, 3.05) is 6.54 Å². The van der Waals surface area contributed by atoms with Crippen LogP contribution in [0.2, 0.25) is 5.02 Å². The first kappa shape index (κ1) is 11.0. The third kappa shape index (κ3) is 2.25. The van der Waals surface area contributed by atoms with Crippen LogP contribution in [0, 0.1) is 6.92 Å². The van der Waals surface area contributed by atoms with E-state index in [1.807, 2.05) is 0 Å². The number of ketones is 1. The van der Waals surface area contributed by atoms with E-state index in [1.54, 1.807) is 13.0 Å². The molecule has 1 aromatic carbocycles. The molecule has 0 radical (unpaired) electrons. The second kappa shape index (κ2) is 4.44. The second-order valence-corrected chi connectivity index (χ2v) is 3.52. The molecule has 4 heteroatoms. The number of phenolic OH excluding ortho intramolecular Hbond substituents is 1. The Kier molecular flexibility index (Phi) is 3.49. The molecule has 14 heavy (non-hydrogen) atoms. The van der Waals surface area contributed by atoms with Gasteiger partial charge in [-0.1, -0.05) is 11.6 Å². The van der Waals surface area contributed by atoms with Gasteiger partial charge in [-0.2, -0.15) is 0 Å². The molecular weight excluding hydrogens is 202 g/mol. The van der Waals surface area contributed by atoms with Crippen LogP contribution in [0.15, 0.2) is 12.1 Å². The molecular formula is C10H12ClNO2. The fraction of sp³-hybridized carbons (Fsp3) is 0.300. The number of carbonyl (C=O) groups is 1. The Hall–Kier alpha value is -1.06. The lowest BCUT2D eigenvalue weighted by Crippen LogP contribution is -2.08. The number of aryl methyl sites for hydroxylation is 1. The number of hydrogen-bond acceptors (Lipinski definition) is 3. The highest BCUT2D eigenvalue weighted by Crippen LogP contribution is 2.27. The van der Waals surface area contributed by atoms with E-state index in [9.17, 15) is 9.90 Å². The summed E-state index contributed by atoms with van der Waals surface area (Å²) in [6.45, 7) is 1.96. The average Bonchev–Trinajstić information content (AvgIpc) is 2.11. The van der Waals surface area contributed by atoms with E-state index in [2.05, 4.69) is 0 Å². The SMILES string of the molecule is Cc1cc(Cl)cc(C(=O)CCN)c1O. The van der Waals surface area contributed by atoms with E-state index in [0.717, 1.165) is 0 Å². The van der Waals surface area contributed by atoms with Crippen LogP contribution in [0.1, 0.15) is 22.3 Å². The molecule has 0 aliphatic heterocycles. The first-order chi connectivity index (χ1) is 6.56. The summed E-state index contributed by atoms with van der Waals surface area (Å²) in [5.41, 5.74) is 6.10. The number of phenols is 1. The Morgan fingerprint density at radius 2 is 2.21 bits per heavy atom. The number of nitrogens with two attached hydrogens (primary N) is 1. The van der Waals surface area contributed by atoms with Crippen molar-refractivity contribution in [2.24, 2.45) is 5.73 Å². The molecule has 0 saturated heterocycles. The van der Waals surface area contributed by atoms with Gasteiger partial charge in [0.25, 0.3) is 0 Å². The molecule has 0 aromatic heterocycles. The molecule has 0 heterocycles. The van der Waals surface area contributed by atoms with Crippen molar-refractivity contribution in [3.8, 4) is 5.75 Å². The van der Waals surface area contributed by atoms with Crippen molar-refractivity contribution in [3.05, 3.63) is 28.3 Å². The van der Waals surface area contributed by atoms with Crippen LogP contribution >= 0.6 is 11.6 Å². The van der Waals surface area contributed by atoms with Gasteiger partial charge in [-0.3, -0.25) is 4.79 Å². The van der Waals surface area contributed by atoms with E-state index >= 15 is 0 Å². The number of halogens is 1. The maximum atomic E-state index is 11.5. The summed E-state index contributed by atoms with van der Waals surface area (Å²) in [6.07, 6.45) is 0.216. The van der Waals surface area contributed by atoms with Crippen molar-refractivity contribution in [1.29, 1.82) is 0 Å². The minimum atomic E-state index is -0.185. The third-order valence-electron chi connectivity index (χ3n) is 1.94. The van der Waals surface area contributed by atoms with Crippen molar-refractivity contribution < 1.29 is 9.90 Å². The first-order valence-corrected chi connectivity index (χ1v) is 4.66. The summed E-state index contributed by atoms with van der Waals surface area (Å²) in [5.74, 6) is -0.191. The van der Waals surface area contributed by atoms with E-state index in [1.165, 1.54) is 6.07 Å². The average molecular weight is 214 g/mol. The highest BCUT2D eigenvalue weighted by Gasteiger charge is 2.13. The quantitative estimate of drug-likeness (QED) is 0.754. The van der Waals surface area contributed by atoms with E-state index < -0.39 is 0 Å². The Bertz CT molecular complexity index is 363. The topological polar surface area (TPSA) is 63.3 Å². The standard InChI is InChI=1S/C10H12ClNO2/c1-6-4-7(11)5-8(10(6)14)9(13)2-3-12/h4-5,14H,2-3,12H2,1H3. The molecule has 3 N–H and O–H groups in total. The number of carbonyl (C=O) groups excluding carboxylic acids is 1. The molecule has 0 aliphatic carbocycles. The summed E-state index contributed by atoms with van der Waals surface area (Å²) in [4.78, 5) is 11.5. The molecule has 0 bridgehead atoms. The minimum Gasteiger partial charge on any atom is -0.507 e. The number of hydrogen-bond donors (Lipinski definition) is 2. The summed E-state index contributed by atoms with van der Waals surface area (Å²) in [6, 6.07) is 3.07. The molecule has 0 fully saturated rings. The molecule has 3 nitrogen and oxygen atoms in total. The van der Waals surface area contributed by atoms with E-state index in [4.69, 9.17) is 17.3 Å². The van der Waals surface area contributed by atoms with Gasteiger partial charge in [-0.15, -0.1) is 0 Å². The van der Waals surface area contributed by atoms with E-state index in [-0.39, 0.29) is 30.1 Å². The highest BCUT2D eigenvalue weighted by atomic mass is 35.5. The van der Waals surface area contributed by atoms with E-state index in [0.29, 0.717) is 10.6 Å². The lowest BCUT2D eigenvalue weighted by Gasteiger charge is -2.06. The minimum absolute atomic E-state index is 0.00662. The zero-order valence-corrected chi connectivity index (χ0v) is 8.64. The number of rotatable bonds is 3. The highest BCUT2D eigenvalue weighted by molar-refractivity contribution is 6.31. The van der Waals surface area contributed by atoms with Gasteiger partial charge in [0.1, 0.15) is 5.75 Å². The van der Waals surface area contributed by atoms with Crippen LogP contribution in [-0.2, 0) is 0 Å². The van der Waals surface area contributed by atoms with Crippen LogP contribution in [0.5, 0.6) is 5.75 Å². The van der Waals surface area contributed by atoms with Gasteiger partial charge in [0.2, 0.25) is 0 Å². The number of Topliss-reactive ketones (excluding diaryl/α,β-unsaturated/α-hetero) is 1. The Balaban J connectivity index is 3.13. The Labute approximate surface area is 87.5 Å². The van der Waals surface area contributed by atoms with Crippen molar-refractivity contribution in [1.82, 2.24) is 0 Å². The summed E-state index contributed by atoms with van der Waals surface area (Å²) >= 11 is 5.77. The molecule has 0 aliphatic rings. The molecule has 1 aromatic rings. The molecule has 1 rings (SSSR count). The summed E-state index contributed by atoms with van der Waals surface area (Å²) in [5, 5.41) is 10.0. The van der Waals surface area contributed by atoms with Crippen molar-refractivity contribution >= 4 is 17.4 Å². The molecule has 0 spiro atoms. The van der Waals surface area contributed by atoms with Gasteiger partial charge in [-0.05, 0) is 31.2 Å². The summed E-state index contributed by atoms with van der Waals surface area (Å²) < 4.78 is 0. The van der Waals surface area contributed by atoms with Crippen molar-refractivity contribution in [2.45, 2.75) is 13.3 Å². The maximum Gasteiger partial charge on any atom is 0.167 e. The molecule has 0 unspecified atom stereocenters. The predicted molar refractivity (Wildman–Crippen MR) is 55.9 cm³/mol. The maximum absolute atomic E-state index is 11.5. The van der Waals surface area contributed by atoms with Gasteiger partial charge in [0, 0.05) is 11.4 Å². The van der Waals surface area contributed by atoms with Gasteiger partial charge < -0.3 is 10.8 Å². The Morgan fingerprint density at radius 3 is 2.79 bits per heavy atom. The van der Waals surface area contributed by atoms with Gasteiger partial charge in [-0.25, -0.2) is 0 Å². The van der Waals surface area contributed by atoms with Crippen LogP contribution < -0.4 is 5.73 Å². The number of benzene rings is 1. The smallest absolute Gasteiger partial charge is 0.167 e. The van der Waals surface area contributed by atoms with Crippen LogP contribution in [0.3, 0.4) is 0 Å². The first-order valence-electron chi connectivity index (χ1n) is 4.28. The lowest BCUT2D eigenvalue weighted by atomic mass is 10.0. The predicted octanol–water partition coefficient (Wildman–Crippen LogP) is 1.89. The normalized spacial score (nSPS) is 10.2. The van der Waals surface area contributed by atoms with Gasteiger partial charge in [0.05, 0.1) is 5.56 Å². The molecule has 0 amide bonds. The Morgan fingerprint density at radius 1 is 1.57 bits per heavy atom. The van der Waals surface area contributed by atoms with Crippen LogP contribution in [0.4, 0.5) is 0 Å². The fourth-order valence-electron chi connectivity index (χ4n) is 1.21. The van der Waals surface area contributed by atoms with Gasteiger partial charge in [0.15, 0.2) is 5.78 Å². The monoisotopic (exact) mass is 213 g/mol. The zero-order valence-electron chi connectivity index (χ0n) is 7.88. The number of aromatic hydroxyl groups is 1. The van der Waals surface area contributed by atoms with Crippen LogP contribution in [-0.4, -0.2) is 17.4 Å². The second-order valence-electron chi connectivity index (χ2n) is 3.08. The van der Waals surface area contributed by atoms with Crippen molar-refractivity contribution in [3.63, 3.8) is 0 Å². The molecule has 0 saturated carbocycles. The van der Waals surface area contributed by atoms with Crippen LogP contribution in [0.25, 0.3) is 0 Å². The summed E-state index contributed by atoms with van der Waals surface area (Å²) in [7, 11) is 0. The lowest BCUT2D eigenvalue weighted by molar-refractivity contribution is 0.0982. The van der Waals surface area contributed by atoms with Gasteiger partial charge >= 0.3 is 0 Å². The molecule has 76 valence electrons. The largest absolute Gasteiger partial charge is 0.507 e. The molecule has 0 atom stereocenters. The zero-order chi connectivity index (χ0) is 10.7.